The Morgan fingerprint density at radius 2 is 1.96 bits per heavy atom. The Bertz CT molecular complexity index is 824. The van der Waals surface area contributed by atoms with Gasteiger partial charge in [-0.2, -0.15) is 0 Å². The molecule has 1 atom stereocenters. The van der Waals surface area contributed by atoms with Gasteiger partial charge in [0.05, 0.1) is 18.5 Å². The Morgan fingerprint density at radius 1 is 1.26 bits per heavy atom. The van der Waals surface area contributed by atoms with Gasteiger partial charge in [0.25, 0.3) is 5.91 Å². The number of hydrogen-bond donors (Lipinski definition) is 1. The predicted octanol–water partition coefficient (Wildman–Crippen LogP) is 1.25. The third kappa shape index (κ3) is 3.26. The number of fused-ring (bicyclic) bond motifs is 1. The highest BCUT2D eigenvalue weighted by molar-refractivity contribution is 7.92. The molecule has 1 aliphatic rings. The molecule has 0 fully saturated rings. The SMILES string of the molecule is CS(=O)(=O)N1CC(C(=O)Nc2ccncc2)Oc2ccccc21. The minimum Gasteiger partial charge on any atom is -0.476 e. The third-order valence-corrected chi connectivity index (χ3v) is 4.52. The zero-order chi connectivity index (χ0) is 16.4. The highest BCUT2D eigenvalue weighted by Gasteiger charge is 2.34. The lowest BCUT2D eigenvalue weighted by atomic mass is 10.2. The van der Waals surface area contributed by atoms with Gasteiger partial charge in [0.1, 0.15) is 5.75 Å². The zero-order valence-electron chi connectivity index (χ0n) is 12.3. The molecule has 23 heavy (non-hydrogen) atoms. The molecule has 1 aliphatic heterocycles. The van der Waals surface area contributed by atoms with E-state index in [1.54, 1.807) is 48.8 Å². The summed E-state index contributed by atoms with van der Waals surface area (Å²) in [4.78, 5) is 16.2. The molecular formula is C15H15N3O4S. The van der Waals surface area contributed by atoms with Crippen LogP contribution in [0, 0.1) is 0 Å². The van der Waals surface area contributed by atoms with Crippen LogP contribution in [-0.4, -0.2) is 38.2 Å². The van der Waals surface area contributed by atoms with Gasteiger partial charge >= 0.3 is 0 Å². The summed E-state index contributed by atoms with van der Waals surface area (Å²) in [6.45, 7) is -0.0766. The van der Waals surface area contributed by atoms with Crippen molar-refractivity contribution in [2.45, 2.75) is 6.10 Å². The van der Waals surface area contributed by atoms with Crippen molar-refractivity contribution < 1.29 is 17.9 Å². The topological polar surface area (TPSA) is 88.6 Å². The lowest BCUT2D eigenvalue weighted by Gasteiger charge is -2.33. The molecule has 0 saturated carbocycles. The Morgan fingerprint density at radius 3 is 2.65 bits per heavy atom. The van der Waals surface area contributed by atoms with Gasteiger partial charge in [0, 0.05) is 18.1 Å². The molecule has 0 spiro atoms. The average molecular weight is 333 g/mol. The van der Waals surface area contributed by atoms with E-state index in [1.165, 1.54) is 4.31 Å². The Kier molecular flexibility index (Phi) is 3.91. The van der Waals surface area contributed by atoms with Gasteiger partial charge in [-0.15, -0.1) is 0 Å². The van der Waals surface area contributed by atoms with Crippen LogP contribution in [-0.2, 0) is 14.8 Å². The lowest BCUT2D eigenvalue weighted by Crippen LogP contribution is -2.48. The molecular weight excluding hydrogens is 318 g/mol. The first-order valence-corrected chi connectivity index (χ1v) is 8.74. The van der Waals surface area contributed by atoms with Crippen molar-refractivity contribution in [3.05, 3.63) is 48.8 Å². The van der Waals surface area contributed by atoms with Gasteiger partial charge in [-0.05, 0) is 24.3 Å². The van der Waals surface area contributed by atoms with Crippen LogP contribution in [0.5, 0.6) is 5.75 Å². The summed E-state index contributed by atoms with van der Waals surface area (Å²) in [6.07, 6.45) is 3.27. The number of ether oxygens (including phenoxy) is 1. The molecule has 1 aromatic carbocycles. The van der Waals surface area contributed by atoms with Gasteiger partial charge in [0.15, 0.2) is 6.10 Å². The smallest absolute Gasteiger partial charge is 0.267 e. The van der Waals surface area contributed by atoms with E-state index in [9.17, 15) is 13.2 Å². The van der Waals surface area contributed by atoms with E-state index < -0.39 is 22.0 Å². The fourth-order valence-electron chi connectivity index (χ4n) is 2.31. The average Bonchev–Trinajstić information content (AvgIpc) is 2.54. The van der Waals surface area contributed by atoms with Crippen LogP contribution in [0.15, 0.2) is 48.8 Å². The van der Waals surface area contributed by atoms with Crippen LogP contribution < -0.4 is 14.4 Å². The zero-order valence-corrected chi connectivity index (χ0v) is 13.2. The van der Waals surface area contributed by atoms with Crippen LogP contribution in [0.25, 0.3) is 0 Å². The summed E-state index contributed by atoms with van der Waals surface area (Å²) in [6, 6.07) is 10.0. The molecule has 120 valence electrons. The number of rotatable bonds is 3. The van der Waals surface area contributed by atoms with Gasteiger partial charge in [-0.25, -0.2) is 8.42 Å². The summed E-state index contributed by atoms with van der Waals surface area (Å²) in [7, 11) is -3.52. The van der Waals surface area contributed by atoms with Crippen LogP contribution in [0.3, 0.4) is 0 Å². The Hall–Kier alpha value is -2.61. The minimum atomic E-state index is -3.52. The number of carbonyl (C=O) groups excluding carboxylic acids is 1. The fraction of sp³-hybridized carbons (Fsp3) is 0.200. The summed E-state index contributed by atoms with van der Waals surface area (Å²) < 4.78 is 30.9. The van der Waals surface area contributed by atoms with E-state index in [4.69, 9.17) is 4.74 Å². The summed E-state index contributed by atoms with van der Waals surface area (Å²) in [5, 5.41) is 2.69. The number of anilines is 2. The molecule has 0 saturated heterocycles. The number of benzene rings is 1. The number of amides is 1. The van der Waals surface area contributed by atoms with Crippen molar-refractivity contribution in [1.82, 2.24) is 4.98 Å². The number of hydrogen-bond acceptors (Lipinski definition) is 5. The van der Waals surface area contributed by atoms with Crippen molar-refractivity contribution in [3.8, 4) is 5.75 Å². The maximum Gasteiger partial charge on any atom is 0.267 e. The van der Waals surface area contributed by atoms with E-state index in [0.29, 0.717) is 17.1 Å². The number of sulfonamides is 1. The molecule has 0 aliphatic carbocycles. The summed E-state index contributed by atoms with van der Waals surface area (Å²) >= 11 is 0. The molecule has 1 unspecified atom stereocenters. The number of nitrogens with zero attached hydrogens (tertiary/aromatic N) is 2. The van der Waals surface area contributed by atoms with Crippen molar-refractivity contribution in [2.24, 2.45) is 0 Å². The Labute approximate surface area is 134 Å². The molecule has 3 rings (SSSR count). The normalized spacial score (nSPS) is 17.1. The number of aromatic nitrogens is 1. The van der Waals surface area contributed by atoms with Gasteiger partial charge in [-0.1, -0.05) is 12.1 Å². The standard InChI is InChI=1S/C15H15N3O4S/c1-23(20,21)18-10-14(22-13-5-3-2-4-12(13)18)15(19)17-11-6-8-16-9-7-11/h2-9,14H,10H2,1H3,(H,16,17,19). The van der Waals surface area contributed by atoms with Crippen LogP contribution in [0.4, 0.5) is 11.4 Å². The van der Waals surface area contributed by atoms with E-state index >= 15 is 0 Å². The quantitative estimate of drug-likeness (QED) is 0.913. The molecule has 7 nitrogen and oxygen atoms in total. The van der Waals surface area contributed by atoms with E-state index in [2.05, 4.69) is 10.3 Å². The molecule has 1 aromatic heterocycles. The van der Waals surface area contributed by atoms with Gasteiger partial charge in [-0.3, -0.25) is 14.1 Å². The second-order valence-electron chi connectivity index (χ2n) is 5.09. The maximum atomic E-state index is 12.4. The highest BCUT2D eigenvalue weighted by atomic mass is 32.2. The molecule has 2 aromatic rings. The molecule has 1 N–H and O–H groups in total. The summed E-state index contributed by atoms with van der Waals surface area (Å²) in [5.74, 6) is -0.0570. The monoisotopic (exact) mass is 333 g/mol. The van der Waals surface area contributed by atoms with E-state index in [1.807, 2.05) is 0 Å². The molecule has 1 amide bonds. The number of carbonyl (C=O) groups is 1. The first-order valence-electron chi connectivity index (χ1n) is 6.89. The molecule has 0 radical (unpaired) electrons. The van der Waals surface area contributed by atoms with Crippen molar-refractivity contribution in [1.29, 1.82) is 0 Å². The van der Waals surface area contributed by atoms with Crippen LogP contribution >= 0.6 is 0 Å². The number of nitrogens with one attached hydrogen (secondary N) is 1. The van der Waals surface area contributed by atoms with Crippen LogP contribution in [0.2, 0.25) is 0 Å². The lowest BCUT2D eigenvalue weighted by molar-refractivity contribution is -0.122. The predicted molar refractivity (Wildman–Crippen MR) is 85.9 cm³/mol. The fourth-order valence-corrected chi connectivity index (χ4v) is 3.23. The Balaban J connectivity index is 1.87. The number of para-hydroxylation sites is 2. The second kappa shape index (κ2) is 5.88. The third-order valence-electron chi connectivity index (χ3n) is 3.38. The first kappa shape index (κ1) is 15.3. The van der Waals surface area contributed by atoms with Crippen LogP contribution in [0.1, 0.15) is 0 Å². The highest BCUT2D eigenvalue weighted by Crippen LogP contribution is 2.34. The van der Waals surface area contributed by atoms with Crippen molar-refractivity contribution in [2.75, 3.05) is 22.4 Å². The van der Waals surface area contributed by atoms with Crippen molar-refractivity contribution >= 4 is 27.3 Å². The maximum absolute atomic E-state index is 12.4. The molecule has 2 heterocycles. The minimum absolute atomic E-state index is 0.0766. The largest absolute Gasteiger partial charge is 0.476 e. The van der Waals surface area contributed by atoms with Gasteiger partial charge in [0.2, 0.25) is 10.0 Å². The summed E-state index contributed by atoms with van der Waals surface area (Å²) in [5.41, 5.74) is 1.00. The molecule has 0 bridgehead atoms. The van der Waals surface area contributed by atoms with E-state index in [-0.39, 0.29) is 6.54 Å². The van der Waals surface area contributed by atoms with Gasteiger partial charge < -0.3 is 10.1 Å². The second-order valence-corrected chi connectivity index (χ2v) is 7.00. The molecule has 8 heteroatoms. The first-order chi connectivity index (χ1) is 10.9. The number of pyridine rings is 1. The van der Waals surface area contributed by atoms with Crippen molar-refractivity contribution in [3.63, 3.8) is 0 Å². The van der Waals surface area contributed by atoms with E-state index in [0.717, 1.165) is 6.26 Å².